The Hall–Kier alpha value is -2.37. The third-order valence-electron chi connectivity index (χ3n) is 3.52. The normalized spacial score (nSPS) is 10.6. The van der Waals surface area contributed by atoms with Crippen LogP contribution in [0, 0.1) is 0 Å². The van der Waals surface area contributed by atoms with E-state index in [0.29, 0.717) is 29.8 Å². The van der Waals surface area contributed by atoms with Gasteiger partial charge in [-0.05, 0) is 26.0 Å². The van der Waals surface area contributed by atoms with Gasteiger partial charge in [-0.25, -0.2) is 9.78 Å². The zero-order valence-corrected chi connectivity index (χ0v) is 12.6. The SMILES string of the molecule is CCN(CC)C(=O)NCc1nc2ccccc2c(=O)n1C. The van der Waals surface area contributed by atoms with E-state index < -0.39 is 0 Å². The van der Waals surface area contributed by atoms with Crippen LogP contribution < -0.4 is 10.9 Å². The Labute approximate surface area is 123 Å². The maximum atomic E-state index is 12.2. The third kappa shape index (κ3) is 3.04. The zero-order chi connectivity index (χ0) is 15.4. The lowest BCUT2D eigenvalue weighted by Crippen LogP contribution is -2.40. The average Bonchev–Trinajstić information content (AvgIpc) is 2.50. The van der Waals surface area contributed by atoms with Crippen molar-refractivity contribution in [2.45, 2.75) is 20.4 Å². The van der Waals surface area contributed by atoms with Gasteiger partial charge in [0.25, 0.3) is 5.56 Å². The van der Waals surface area contributed by atoms with E-state index in [1.165, 1.54) is 4.57 Å². The number of para-hydroxylation sites is 1. The summed E-state index contributed by atoms with van der Waals surface area (Å²) in [7, 11) is 1.67. The van der Waals surface area contributed by atoms with E-state index in [0.717, 1.165) is 0 Å². The van der Waals surface area contributed by atoms with Crippen LogP contribution in [0.1, 0.15) is 19.7 Å². The molecule has 0 aliphatic heterocycles. The van der Waals surface area contributed by atoms with Crippen LogP contribution in [0.15, 0.2) is 29.1 Å². The largest absolute Gasteiger partial charge is 0.331 e. The van der Waals surface area contributed by atoms with Crippen molar-refractivity contribution in [1.82, 2.24) is 19.8 Å². The molecule has 0 unspecified atom stereocenters. The highest BCUT2D eigenvalue weighted by molar-refractivity contribution is 5.77. The lowest BCUT2D eigenvalue weighted by atomic mass is 10.2. The Bertz CT molecular complexity index is 704. The van der Waals surface area contributed by atoms with Crippen LogP contribution in [0.2, 0.25) is 0 Å². The van der Waals surface area contributed by atoms with Gasteiger partial charge >= 0.3 is 6.03 Å². The molecule has 2 aromatic rings. The number of amides is 2. The van der Waals surface area contributed by atoms with Crippen molar-refractivity contribution in [3.8, 4) is 0 Å². The molecular weight excluding hydrogens is 268 g/mol. The number of aromatic nitrogens is 2. The molecule has 6 nitrogen and oxygen atoms in total. The maximum Gasteiger partial charge on any atom is 0.317 e. The van der Waals surface area contributed by atoms with E-state index in [9.17, 15) is 9.59 Å². The lowest BCUT2D eigenvalue weighted by molar-refractivity contribution is 0.202. The van der Waals surface area contributed by atoms with E-state index >= 15 is 0 Å². The second kappa shape index (κ2) is 6.39. The van der Waals surface area contributed by atoms with E-state index in [4.69, 9.17) is 0 Å². The number of urea groups is 1. The van der Waals surface area contributed by atoms with Gasteiger partial charge in [0.1, 0.15) is 5.82 Å². The Morgan fingerprint density at radius 1 is 1.29 bits per heavy atom. The summed E-state index contributed by atoms with van der Waals surface area (Å²) in [5.74, 6) is 0.541. The van der Waals surface area contributed by atoms with Crippen LogP contribution in [0.4, 0.5) is 4.79 Å². The zero-order valence-electron chi connectivity index (χ0n) is 12.6. The number of nitrogens with one attached hydrogen (secondary N) is 1. The fourth-order valence-electron chi connectivity index (χ4n) is 2.20. The van der Waals surface area contributed by atoms with Crippen LogP contribution in [0.25, 0.3) is 10.9 Å². The average molecular weight is 288 g/mol. The van der Waals surface area contributed by atoms with E-state index in [2.05, 4.69) is 10.3 Å². The number of nitrogens with zero attached hydrogens (tertiary/aromatic N) is 3. The van der Waals surface area contributed by atoms with Crippen molar-refractivity contribution in [3.63, 3.8) is 0 Å². The molecule has 1 aromatic heterocycles. The van der Waals surface area contributed by atoms with E-state index in [-0.39, 0.29) is 18.1 Å². The van der Waals surface area contributed by atoms with Gasteiger partial charge in [-0.2, -0.15) is 0 Å². The van der Waals surface area contributed by atoms with Crippen LogP contribution >= 0.6 is 0 Å². The second-order valence-corrected chi connectivity index (χ2v) is 4.74. The molecule has 1 N–H and O–H groups in total. The van der Waals surface area contributed by atoms with Crippen LogP contribution in [-0.2, 0) is 13.6 Å². The first-order valence-electron chi connectivity index (χ1n) is 7.05. The van der Waals surface area contributed by atoms with Gasteiger partial charge < -0.3 is 10.2 Å². The topological polar surface area (TPSA) is 67.2 Å². The van der Waals surface area contributed by atoms with Crippen LogP contribution in [0.5, 0.6) is 0 Å². The molecular formula is C15H20N4O2. The highest BCUT2D eigenvalue weighted by atomic mass is 16.2. The lowest BCUT2D eigenvalue weighted by Gasteiger charge is -2.19. The molecule has 2 amide bonds. The molecule has 0 aliphatic carbocycles. The number of carbonyl (C=O) groups is 1. The molecule has 0 saturated carbocycles. The molecule has 0 fully saturated rings. The van der Waals surface area contributed by atoms with Gasteiger partial charge in [0.15, 0.2) is 0 Å². The molecule has 1 aromatic carbocycles. The number of benzene rings is 1. The first-order chi connectivity index (χ1) is 10.1. The van der Waals surface area contributed by atoms with Crippen molar-refractivity contribution in [2.75, 3.05) is 13.1 Å². The van der Waals surface area contributed by atoms with E-state index in [1.54, 1.807) is 24.1 Å². The van der Waals surface area contributed by atoms with Gasteiger partial charge in [0, 0.05) is 20.1 Å². The summed E-state index contributed by atoms with van der Waals surface area (Å²) in [5, 5.41) is 3.38. The summed E-state index contributed by atoms with van der Waals surface area (Å²) < 4.78 is 1.48. The van der Waals surface area contributed by atoms with Crippen LogP contribution in [0.3, 0.4) is 0 Å². The summed E-state index contributed by atoms with van der Waals surface area (Å²) in [6.07, 6.45) is 0. The molecule has 6 heteroatoms. The quantitative estimate of drug-likeness (QED) is 0.926. The Balaban J connectivity index is 2.25. The van der Waals surface area contributed by atoms with Crippen molar-refractivity contribution in [2.24, 2.45) is 7.05 Å². The van der Waals surface area contributed by atoms with Gasteiger partial charge in [0.2, 0.25) is 0 Å². The molecule has 0 spiro atoms. The Morgan fingerprint density at radius 3 is 2.62 bits per heavy atom. The Kier molecular flexibility index (Phi) is 4.57. The fourth-order valence-corrected chi connectivity index (χ4v) is 2.20. The summed E-state index contributed by atoms with van der Waals surface area (Å²) in [6, 6.07) is 7.05. The molecule has 21 heavy (non-hydrogen) atoms. The van der Waals surface area contributed by atoms with Crippen molar-refractivity contribution < 1.29 is 4.79 Å². The third-order valence-corrected chi connectivity index (χ3v) is 3.52. The second-order valence-electron chi connectivity index (χ2n) is 4.74. The first-order valence-corrected chi connectivity index (χ1v) is 7.05. The standard InChI is InChI=1S/C15H20N4O2/c1-4-19(5-2)15(21)16-10-13-17-12-9-7-6-8-11(12)14(20)18(13)3/h6-9H,4-5,10H2,1-3H3,(H,16,21). The minimum Gasteiger partial charge on any atom is -0.331 e. The number of fused-ring (bicyclic) bond motifs is 1. The van der Waals surface area contributed by atoms with Crippen LogP contribution in [-0.4, -0.2) is 33.6 Å². The number of carbonyl (C=O) groups excluding carboxylic acids is 1. The fraction of sp³-hybridized carbons (Fsp3) is 0.400. The number of hydrogen-bond acceptors (Lipinski definition) is 3. The Morgan fingerprint density at radius 2 is 1.95 bits per heavy atom. The molecule has 0 saturated heterocycles. The van der Waals surface area contributed by atoms with Crippen molar-refractivity contribution in [1.29, 1.82) is 0 Å². The number of hydrogen-bond donors (Lipinski definition) is 1. The summed E-state index contributed by atoms with van der Waals surface area (Å²) in [4.78, 5) is 30.3. The molecule has 0 bridgehead atoms. The maximum absolute atomic E-state index is 12.2. The van der Waals surface area contributed by atoms with Gasteiger partial charge in [-0.3, -0.25) is 9.36 Å². The molecule has 1 heterocycles. The predicted molar refractivity (Wildman–Crippen MR) is 82.1 cm³/mol. The summed E-state index contributed by atoms with van der Waals surface area (Å²) in [6.45, 7) is 5.37. The predicted octanol–water partition coefficient (Wildman–Crippen LogP) is 1.48. The van der Waals surface area contributed by atoms with Gasteiger partial charge in [-0.15, -0.1) is 0 Å². The highest BCUT2D eigenvalue weighted by Crippen LogP contribution is 2.07. The molecule has 0 radical (unpaired) electrons. The smallest absolute Gasteiger partial charge is 0.317 e. The van der Waals surface area contributed by atoms with Gasteiger partial charge in [-0.1, -0.05) is 12.1 Å². The first kappa shape index (κ1) is 15.0. The summed E-state index contributed by atoms with van der Waals surface area (Å²) >= 11 is 0. The van der Waals surface area contributed by atoms with Crippen molar-refractivity contribution in [3.05, 3.63) is 40.4 Å². The number of rotatable bonds is 4. The summed E-state index contributed by atoms with van der Waals surface area (Å²) in [5.41, 5.74) is 0.542. The van der Waals surface area contributed by atoms with Gasteiger partial charge in [0.05, 0.1) is 17.4 Å². The minimum absolute atomic E-state index is 0.104. The van der Waals surface area contributed by atoms with Crippen molar-refractivity contribution >= 4 is 16.9 Å². The monoisotopic (exact) mass is 288 g/mol. The molecule has 2 rings (SSSR count). The molecule has 0 atom stereocenters. The van der Waals surface area contributed by atoms with E-state index in [1.807, 2.05) is 26.0 Å². The minimum atomic E-state index is -0.151. The molecule has 112 valence electrons. The molecule has 0 aliphatic rings. The highest BCUT2D eigenvalue weighted by Gasteiger charge is 2.11.